The minimum atomic E-state index is 0. The summed E-state index contributed by atoms with van der Waals surface area (Å²) in [6, 6.07) is 0.0231. The van der Waals surface area contributed by atoms with Crippen LogP contribution in [0.2, 0.25) is 0 Å². The van der Waals surface area contributed by atoms with Crippen molar-refractivity contribution in [3.05, 3.63) is 0 Å². The quantitative estimate of drug-likeness (QED) is 0.755. The minimum absolute atomic E-state index is 0. The zero-order valence-corrected chi connectivity index (χ0v) is 13.0. The number of hydrogen-bond donors (Lipinski definition) is 2. The molecule has 0 spiro atoms. The number of halogens is 2. The van der Waals surface area contributed by atoms with Crippen LogP contribution in [-0.4, -0.2) is 50.1 Å². The van der Waals surface area contributed by atoms with Crippen molar-refractivity contribution in [1.82, 2.24) is 15.5 Å². The Bertz CT molecular complexity index is 209. The van der Waals surface area contributed by atoms with Crippen LogP contribution >= 0.6 is 24.8 Å². The highest BCUT2D eigenvalue weighted by Crippen LogP contribution is 2.12. The summed E-state index contributed by atoms with van der Waals surface area (Å²) in [6.07, 6.45) is 5.08. The number of hydrogen-bond acceptors (Lipinski definition) is 3. The predicted octanol–water partition coefficient (Wildman–Crippen LogP) is 1.43. The van der Waals surface area contributed by atoms with Gasteiger partial charge >= 0.3 is 0 Å². The van der Waals surface area contributed by atoms with E-state index in [0.29, 0.717) is 6.54 Å². The Morgan fingerprint density at radius 3 is 2.17 bits per heavy atom. The van der Waals surface area contributed by atoms with Crippen molar-refractivity contribution >= 4 is 30.7 Å². The second-order valence-electron chi connectivity index (χ2n) is 4.52. The number of likely N-dealkylation sites (N-methyl/N-ethyl adjacent to an activating group) is 1. The summed E-state index contributed by atoms with van der Waals surface area (Å²) < 4.78 is 0. The first kappa shape index (κ1) is 20.3. The summed E-state index contributed by atoms with van der Waals surface area (Å²) in [7, 11) is 1.89. The first-order valence-corrected chi connectivity index (χ1v) is 6.42. The largest absolute Gasteiger partial charge is 0.353 e. The average molecular weight is 300 g/mol. The second kappa shape index (κ2) is 12.0. The summed E-state index contributed by atoms with van der Waals surface area (Å²) in [4.78, 5) is 14.2. The molecule has 0 radical (unpaired) electrons. The lowest BCUT2D eigenvalue weighted by atomic mass is 10.2. The van der Waals surface area contributed by atoms with Gasteiger partial charge in [-0.3, -0.25) is 9.69 Å². The average Bonchev–Trinajstić information content (AvgIpc) is 2.56. The van der Waals surface area contributed by atoms with Gasteiger partial charge in [0.2, 0.25) is 5.91 Å². The van der Waals surface area contributed by atoms with Crippen LogP contribution in [0.25, 0.3) is 0 Å². The van der Waals surface area contributed by atoms with Crippen LogP contribution in [0.15, 0.2) is 0 Å². The van der Waals surface area contributed by atoms with Gasteiger partial charge in [-0.2, -0.15) is 0 Å². The molecule has 0 bridgehead atoms. The van der Waals surface area contributed by atoms with Gasteiger partial charge in [0.1, 0.15) is 0 Å². The minimum Gasteiger partial charge on any atom is -0.353 e. The fourth-order valence-electron chi connectivity index (χ4n) is 2.11. The molecule has 1 saturated heterocycles. The molecule has 0 aliphatic carbocycles. The standard InChI is InChI=1S/C12H25N3O.2ClH/c1-11(12(16)14-8-7-13-2)15-9-5-3-4-6-10-15;;/h11,13H,3-10H2,1-2H3,(H,14,16);2*1H. The summed E-state index contributed by atoms with van der Waals surface area (Å²) in [5.74, 6) is 0.164. The fraction of sp³-hybridized carbons (Fsp3) is 0.917. The van der Waals surface area contributed by atoms with E-state index in [9.17, 15) is 4.79 Å². The van der Waals surface area contributed by atoms with E-state index >= 15 is 0 Å². The van der Waals surface area contributed by atoms with Crippen LogP contribution in [0.3, 0.4) is 0 Å². The molecule has 18 heavy (non-hydrogen) atoms. The Kier molecular flexibility index (Phi) is 13.6. The Morgan fingerprint density at radius 2 is 1.67 bits per heavy atom. The second-order valence-corrected chi connectivity index (χ2v) is 4.52. The van der Waals surface area contributed by atoms with Crippen LogP contribution in [0.4, 0.5) is 0 Å². The molecule has 0 aromatic rings. The van der Waals surface area contributed by atoms with Gasteiger partial charge in [0, 0.05) is 13.1 Å². The summed E-state index contributed by atoms with van der Waals surface area (Å²) >= 11 is 0. The van der Waals surface area contributed by atoms with Gasteiger partial charge in [0.15, 0.2) is 0 Å². The molecule has 110 valence electrons. The number of nitrogens with zero attached hydrogens (tertiary/aromatic N) is 1. The normalized spacial score (nSPS) is 17.9. The number of amides is 1. The maximum absolute atomic E-state index is 11.8. The van der Waals surface area contributed by atoms with Crippen LogP contribution < -0.4 is 10.6 Å². The van der Waals surface area contributed by atoms with Crippen LogP contribution in [-0.2, 0) is 4.79 Å². The van der Waals surface area contributed by atoms with E-state index in [0.717, 1.165) is 19.6 Å². The molecule has 1 unspecified atom stereocenters. The van der Waals surface area contributed by atoms with Crippen molar-refractivity contribution in [2.75, 3.05) is 33.2 Å². The molecular formula is C12H27Cl2N3O. The third-order valence-electron chi connectivity index (χ3n) is 3.24. The summed E-state index contributed by atoms with van der Waals surface area (Å²) in [5, 5.41) is 5.98. The van der Waals surface area contributed by atoms with Crippen molar-refractivity contribution in [1.29, 1.82) is 0 Å². The third-order valence-corrected chi connectivity index (χ3v) is 3.24. The van der Waals surface area contributed by atoms with Crippen molar-refractivity contribution in [3.63, 3.8) is 0 Å². The monoisotopic (exact) mass is 299 g/mol. The Labute approximate surface area is 123 Å². The molecule has 1 rings (SSSR count). The lowest BCUT2D eigenvalue weighted by molar-refractivity contribution is -0.125. The van der Waals surface area contributed by atoms with Gasteiger partial charge in [-0.15, -0.1) is 24.8 Å². The first-order chi connectivity index (χ1) is 7.75. The van der Waals surface area contributed by atoms with Gasteiger partial charge < -0.3 is 10.6 Å². The SMILES string of the molecule is CNCCNC(=O)C(C)N1CCCCCC1.Cl.Cl. The van der Waals surface area contributed by atoms with E-state index in [1.54, 1.807) is 0 Å². The molecule has 1 heterocycles. The number of nitrogens with one attached hydrogen (secondary N) is 2. The maximum atomic E-state index is 11.8. The third kappa shape index (κ3) is 7.41. The smallest absolute Gasteiger partial charge is 0.237 e. The first-order valence-electron chi connectivity index (χ1n) is 6.42. The van der Waals surface area contributed by atoms with Gasteiger partial charge in [0.25, 0.3) is 0 Å². The molecule has 4 nitrogen and oxygen atoms in total. The van der Waals surface area contributed by atoms with Crippen molar-refractivity contribution in [2.24, 2.45) is 0 Å². The maximum Gasteiger partial charge on any atom is 0.237 e. The number of likely N-dealkylation sites (tertiary alicyclic amines) is 1. The molecular weight excluding hydrogens is 273 g/mol. The fourth-order valence-corrected chi connectivity index (χ4v) is 2.11. The van der Waals surface area contributed by atoms with E-state index in [-0.39, 0.29) is 36.8 Å². The summed E-state index contributed by atoms with van der Waals surface area (Å²) in [5.41, 5.74) is 0. The molecule has 0 aromatic heterocycles. The molecule has 1 aliphatic rings. The summed E-state index contributed by atoms with van der Waals surface area (Å²) in [6.45, 7) is 5.70. The molecule has 2 N–H and O–H groups in total. The Morgan fingerprint density at radius 1 is 1.11 bits per heavy atom. The van der Waals surface area contributed by atoms with Gasteiger partial charge in [-0.25, -0.2) is 0 Å². The zero-order chi connectivity index (χ0) is 11.8. The highest BCUT2D eigenvalue weighted by atomic mass is 35.5. The van der Waals surface area contributed by atoms with E-state index in [1.807, 2.05) is 14.0 Å². The van der Waals surface area contributed by atoms with Crippen molar-refractivity contribution in [2.45, 2.75) is 38.6 Å². The van der Waals surface area contributed by atoms with E-state index < -0.39 is 0 Å². The Balaban J connectivity index is 0. The van der Waals surface area contributed by atoms with Crippen LogP contribution in [0.1, 0.15) is 32.6 Å². The molecule has 0 saturated carbocycles. The topological polar surface area (TPSA) is 44.4 Å². The molecule has 1 fully saturated rings. The van der Waals surface area contributed by atoms with Crippen LogP contribution in [0.5, 0.6) is 0 Å². The Hall–Kier alpha value is -0.0300. The van der Waals surface area contributed by atoms with E-state index in [1.165, 1.54) is 25.7 Å². The number of rotatable bonds is 5. The zero-order valence-electron chi connectivity index (χ0n) is 11.4. The highest BCUT2D eigenvalue weighted by Gasteiger charge is 2.21. The number of carbonyl (C=O) groups is 1. The van der Waals surface area contributed by atoms with E-state index in [2.05, 4.69) is 15.5 Å². The van der Waals surface area contributed by atoms with Gasteiger partial charge in [-0.05, 0) is 39.9 Å². The predicted molar refractivity (Wildman–Crippen MR) is 80.9 cm³/mol. The van der Waals surface area contributed by atoms with Crippen LogP contribution in [0, 0.1) is 0 Å². The van der Waals surface area contributed by atoms with Gasteiger partial charge in [-0.1, -0.05) is 12.8 Å². The van der Waals surface area contributed by atoms with Crippen molar-refractivity contribution < 1.29 is 4.79 Å². The van der Waals surface area contributed by atoms with E-state index in [4.69, 9.17) is 0 Å². The van der Waals surface area contributed by atoms with Crippen molar-refractivity contribution in [3.8, 4) is 0 Å². The molecule has 1 amide bonds. The lowest BCUT2D eigenvalue weighted by Gasteiger charge is -2.26. The molecule has 0 aromatic carbocycles. The molecule has 1 aliphatic heterocycles. The lowest BCUT2D eigenvalue weighted by Crippen LogP contribution is -2.46. The van der Waals surface area contributed by atoms with Gasteiger partial charge in [0.05, 0.1) is 6.04 Å². The molecule has 6 heteroatoms. The highest BCUT2D eigenvalue weighted by molar-refractivity contribution is 5.85. The number of carbonyl (C=O) groups excluding carboxylic acids is 1. The molecule has 1 atom stereocenters.